The molecular weight excluding hydrogens is 307 g/mol. The predicted molar refractivity (Wildman–Crippen MR) is 76.2 cm³/mol. The van der Waals surface area contributed by atoms with Gasteiger partial charge in [0.1, 0.15) is 15.9 Å². The number of rotatable bonds is 3. The minimum absolute atomic E-state index is 0.0652. The van der Waals surface area contributed by atoms with Crippen molar-refractivity contribution in [1.82, 2.24) is 15.2 Å². The molecule has 0 saturated heterocycles. The molecule has 0 fully saturated rings. The third kappa shape index (κ3) is 3.40. The molecule has 2 aromatic heterocycles. The van der Waals surface area contributed by atoms with Crippen molar-refractivity contribution in [3.05, 3.63) is 33.0 Å². The van der Waals surface area contributed by atoms with Gasteiger partial charge in [0.15, 0.2) is 0 Å². The molecule has 0 atom stereocenters. The van der Waals surface area contributed by atoms with Crippen LogP contribution in [0.15, 0.2) is 12.1 Å². The van der Waals surface area contributed by atoms with Crippen LogP contribution in [0.1, 0.15) is 35.3 Å². The zero-order valence-corrected chi connectivity index (χ0v) is 12.5. The molecule has 0 radical (unpaired) electrons. The molecule has 0 aliphatic carbocycles. The van der Waals surface area contributed by atoms with Crippen molar-refractivity contribution in [2.24, 2.45) is 0 Å². The molecule has 2 rings (SSSR count). The molecule has 2 heterocycles. The lowest BCUT2D eigenvalue weighted by molar-refractivity contribution is 0.102. The standard InChI is InChI=1S/C11H10Cl2N4OS/c1-5(2)10-16-17-11(19-10)15-9(18)8-6(12)3-4-7(13)14-8/h3-5H,1-2H3,(H,15,17,18). The Labute approximate surface area is 124 Å². The minimum atomic E-state index is -0.459. The van der Waals surface area contributed by atoms with Crippen LogP contribution < -0.4 is 5.32 Å². The van der Waals surface area contributed by atoms with E-state index in [0.717, 1.165) is 5.01 Å². The molecule has 2 aromatic rings. The number of anilines is 1. The van der Waals surface area contributed by atoms with Gasteiger partial charge in [0, 0.05) is 5.92 Å². The third-order valence-corrected chi connectivity index (χ3v) is 3.84. The second-order valence-electron chi connectivity index (χ2n) is 4.02. The van der Waals surface area contributed by atoms with Crippen LogP contribution in [0, 0.1) is 0 Å². The van der Waals surface area contributed by atoms with Gasteiger partial charge in [0.2, 0.25) is 5.13 Å². The Morgan fingerprint density at radius 1 is 1.32 bits per heavy atom. The van der Waals surface area contributed by atoms with Crippen LogP contribution in [0.4, 0.5) is 5.13 Å². The number of aromatic nitrogens is 3. The van der Waals surface area contributed by atoms with Crippen LogP contribution in [0.5, 0.6) is 0 Å². The maximum absolute atomic E-state index is 12.0. The van der Waals surface area contributed by atoms with E-state index in [2.05, 4.69) is 20.5 Å². The normalized spacial score (nSPS) is 10.8. The molecular formula is C11H10Cl2N4OS. The van der Waals surface area contributed by atoms with Gasteiger partial charge in [-0.3, -0.25) is 10.1 Å². The van der Waals surface area contributed by atoms with E-state index in [9.17, 15) is 4.79 Å². The lowest BCUT2D eigenvalue weighted by Gasteiger charge is -2.02. The van der Waals surface area contributed by atoms with Crippen LogP contribution in [0.2, 0.25) is 10.2 Å². The van der Waals surface area contributed by atoms with Crippen molar-refractivity contribution in [3.8, 4) is 0 Å². The summed E-state index contributed by atoms with van der Waals surface area (Å²) in [5.74, 6) is -0.199. The summed E-state index contributed by atoms with van der Waals surface area (Å²) in [6.45, 7) is 4.00. The SMILES string of the molecule is CC(C)c1nnc(NC(=O)c2nc(Cl)ccc2Cl)s1. The van der Waals surface area contributed by atoms with Crippen LogP contribution >= 0.6 is 34.5 Å². The predicted octanol–water partition coefficient (Wildman–Crippen LogP) is 3.62. The molecule has 5 nitrogen and oxygen atoms in total. The minimum Gasteiger partial charge on any atom is -0.295 e. The number of carbonyl (C=O) groups is 1. The summed E-state index contributed by atoms with van der Waals surface area (Å²) in [4.78, 5) is 15.9. The summed E-state index contributed by atoms with van der Waals surface area (Å²) in [7, 11) is 0. The van der Waals surface area contributed by atoms with Crippen molar-refractivity contribution in [2.45, 2.75) is 19.8 Å². The first-order valence-electron chi connectivity index (χ1n) is 5.44. The Morgan fingerprint density at radius 2 is 2.05 bits per heavy atom. The molecule has 0 aromatic carbocycles. The van der Waals surface area contributed by atoms with E-state index in [1.54, 1.807) is 0 Å². The number of nitrogens with one attached hydrogen (secondary N) is 1. The van der Waals surface area contributed by atoms with E-state index < -0.39 is 5.91 Å². The molecule has 19 heavy (non-hydrogen) atoms. The maximum atomic E-state index is 12.0. The van der Waals surface area contributed by atoms with Crippen molar-refractivity contribution in [3.63, 3.8) is 0 Å². The number of hydrogen-bond donors (Lipinski definition) is 1. The highest BCUT2D eigenvalue weighted by Crippen LogP contribution is 2.24. The fraction of sp³-hybridized carbons (Fsp3) is 0.273. The molecule has 100 valence electrons. The van der Waals surface area contributed by atoms with Gasteiger partial charge in [-0.15, -0.1) is 10.2 Å². The maximum Gasteiger partial charge on any atom is 0.277 e. The van der Waals surface area contributed by atoms with E-state index in [-0.39, 0.29) is 21.8 Å². The average molecular weight is 317 g/mol. The molecule has 0 aliphatic heterocycles. The molecule has 0 bridgehead atoms. The van der Waals surface area contributed by atoms with Crippen LogP contribution in [0.25, 0.3) is 0 Å². The fourth-order valence-corrected chi connectivity index (χ4v) is 2.33. The third-order valence-electron chi connectivity index (χ3n) is 2.18. The van der Waals surface area contributed by atoms with E-state index >= 15 is 0 Å². The number of halogens is 2. The first-order chi connectivity index (χ1) is 8.97. The molecule has 1 N–H and O–H groups in total. The van der Waals surface area contributed by atoms with E-state index in [4.69, 9.17) is 23.2 Å². The summed E-state index contributed by atoms with van der Waals surface area (Å²) >= 11 is 12.9. The molecule has 0 saturated carbocycles. The molecule has 8 heteroatoms. The molecule has 0 spiro atoms. The molecule has 0 unspecified atom stereocenters. The topological polar surface area (TPSA) is 67.8 Å². The first-order valence-corrected chi connectivity index (χ1v) is 7.01. The molecule has 1 amide bonds. The van der Waals surface area contributed by atoms with Crippen molar-refractivity contribution in [1.29, 1.82) is 0 Å². The monoisotopic (exact) mass is 316 g/mol. The zero-order valence-electron chi connectivity index (χ0n) is 10.1. The van der Waals surface area contributed by atoms with Gasteiger partial charge in [-0.1, -0.05) is 48.4 Å². The highest BCUT2D eigenvalue weighted by atomic mass is 35.5. The summed E-state index contributed by atoms with van der Waals surface area (Å²) < 4.78 is 0. The Balaban J connectivity index is 2.18. The Morgan fingerprint density at radius 3 is 2.68 bits per heavy atom. The van der Waals surface area contributed by atoms with Gasteiger partial charge < -0.3 is 0 Å². The fourth-order valence-electron chi connectivity index (χ4n) is 1.25. The number of carbonyl (C=O) groups excluding carboxylic acids is 1. The highest BCUT2D eigenvalue weighted by Gasteiger charge is 2.16. The smallest absolute Gasteiger partial charge is 0.277 e. The summed E-state index contributed by atoms with van der Waals surface area (Å²) in [5.41, 5.74) is 0.0652. The Hall–Kier alpha value is -1.24. The second-order valence-corrected chi connectivity index (χ2v) is 5.82. The quantitative estimate of drug-likeness (QED) is 0.878. The van der Waals surface area contributed by atoms with Gasteiger partial charge in [0.05, 0.1) is 5.02 Å². The summed E-state index contributed by atoms with van der Waals surface area (Å²) in [5, 5.41) is 12.2. The number of hydrogen-bond acceptors (Lipinski definition) is 5. The lowest BCUT2D eigenvalue weighted by atomic mass is 10.2. The largest absolute Gasteiger partial charge is 0.295 e. The van der Waals surface area contributed by atoms with Gasteiger partial charge in [-0.2, -0.15) is 0 Å². The van der Waals surface area contributed by atoms with Crippen molar-refractivity contribution in [2.75, 3.05) is 5.32 Å². The number of pyridine rings is 1. The number of amides is 1. The average Bonchev–Trinajstić information content (AvgIpc) is 2.80. The van der Waals surface area contributed by atoms with E-state index in [1.165, 1.54) is 23.5 Å². The van der Waals surface area contributed by atoms with Crippen LogP contribution in [0.3, 0.4) is 0 Å². The second kappa shape index (κ2) is 5.81. The van der Waals surface area contributed by atoms with E-state index in [0.29, 0.717) is 5.13 Å². The lowest BCUT2D eigenvalue weighted by Crippen LogP contribution is -2.14. The number of nitrogens with zero attached hydrogens (tertiary/aromatic N) is 3. The van der Waals surface area contributed by atoms with Crippen molar-refractivity contribution >= 4 is 45.6 Å². The van der Waals surface area contributed by atoms with Crippen molar-refractivity contribution < 1.29 is 4.79 Å². The van der Waals surface area contributed by atoms with E-state index in [1.807, 2.05) is 13.8 Å². The van der Waals surface area contributed by atoms with Gasteiger partial charge in [-0.05, 0) is 12.1 Å². The highest BCUT2D eigenvalue weighted by molar-refractivity contribution is 7.15. The Bertz CT molecular complexity index is 614. The first kappa shape index (κ1) is 14.2. The summed E-state index contributed by atoms with van der Waals surface area (Å²) in [6.07, 6.45) is 0. The molecule has 0 aliphatic rings. The Kier molecular flexibility index (Phi) is 4.34. The van der Waals surface area contributed by atoms with Crippen LogP contribution in [-0.4, -0.2) is 21.1 Å². The zero-order chi connectivity index (χ0) is 14.0. The summed E-state index contributed by atoms with van der Waals surface area (Å²) in [6, 6.07) is 3.04. The van der Waals surface area contributed by atoms with Crippen LogP contribution in [-0.2, 0) is 0 Å². The van der Waals surface area contributed by atoms with Gasteiger partial charge >= 0.3 is 0 Å². The van der Waals surface area contributed by atoms with Gasteiger partial charge in [-0.25, -0.2) is 4.98 Å². The van der Waals surface area contributed by atoms with Gasteiger partial charge in [0.25, 0.3) is 5.91 Å².